The zero-order valence-corrected chi connectivity index (χ0v) is 20.8. The van der Waals surface area contributed by atoms with Gasteiger partial charge < -0.3 is 14.5 Å². The summed E-state index contributed by atoms with van der Waals surface area (Å²) in [5.74, 6) is 1.57. The van der Waals surface area contributed by atoms with Crippen LogP contribution in [0.3, 0.4) is 0 Å². The minimum atomic E-state index is -0.646. The third kappa shape index (κ3) is 3.00. The molecule has 0 aromatic heterocycles. The van der Waals surface area contributed by atoms with Crippen molar-refractivity contribution in [1.82, 2.24) is 0 Å². The van der Waals surface area contributed by atoms with Gasteiger partial charge in [-0.15, -0.1) is 0 Å². The molecule has 2 aliphatic heterocycles. The van der Waals surface area contributed by atoms with Crippen LogP contribution in [-0.2, 0) is 5.41 Å². The fourth-order valence-electron chi connectivity index (χ4n) is 6.47. The fourth-order valence-corrected chi connectivity index (χ4v) is 6.47. The molecule has 0 N–H and O–H groups in total. The largest absolute Gasteiger partial charge is 0.459 e. The van der Waals surface area contributed by atoms with Gasteiger partial charge in [0.1, 0.15) is 5.69 Å². The normalized spacial score (nSPS) is 23.1. The predicted octanol–water partition coefficient (Wildman–Crippen LogP) is 7.07. The lowest BCUT2D eigenvalue weighted by Crippen LogP contribution is -2.63. The van der Waals surface area contributed by atoms with Gasteiger partial charge in [0.15, 0.2) is 5.75 Å². The summed E-state index contributed by atoms with van der Waals surface area (Å²) in [5.41, 5.74) is 3.84. The average molecular weight is 454 g/mol. The van der Waals surface area contributed by atoms with Gasteiger partial charge in [-0.25, -0.2) is 0 Å². The summed E-state index contributed by atoms with van der Waals surface area (Å²) < 4.78 is 7.18. The molecule has 0 amide bonds. The molecule has 1 aliphatic carbocycles. The number of fused-ring (bicyclic) bond motifs is 4. The number of ether oxygens (including phenoxy) is 1. The molecule has 34 heavy (non-hydrogen) atoms. The molecule has 0 radical (unpaired) electrons. The Morgan fingerprint density at radius 2 is 1.68 bits per heavy atom. The first-order chi connectivity index (χ1) is 16.4. The number of hydrogen-bond acceptors (Lipinski definition) is 4. The van der Waals surface area contributed by atoms with E-state index >= 15 is 0 Å². The predicted molar refractivity (Wildman–Crippen MR) is 143 cm³/mol. The van der Waals surface area contributed by atoms with Gasteiger partial charge in [0, 0.05) is 48.9 Å². The van der Waals surface area contributed by atoms with Gasteiger partial charge in [0.25, 0.3) is 0 Å². The van der Waals surface area contributed by atoms with Crippen LogP contribution in [-0.4, -0.2) is 32.6 Å². The van der Waals surface area contributed by atoms with Crippen molar-refractivity contribution in [2.45, 2.75) is 57.1 Å². The van der Waals surface area contributed by atoms with Crippen LogP contribution in [0.1, 0.15) is 51.5 Å². The molecule has 0 saturated heterocycles. The van der Waals surface area contributed by atoms with E-state index in [9.17, 15) is 0 Å². The standard InChI is InChI=1S/C30H35N3O/c1-29(2)24-16-10-11-17-25(24)33(19-21-12-6-5-7-13-21)30(29)20-31-28-23-15-9-8-14-22(23)26(32(3)4)18-27(28)34-30/h8-11,14-18,20-21H,5-7,12-13,19H2,1-4H3. The smallest absolute Gasteiger partial charge is 0.228 e. The van der Waals surface area contributed by atoms with E-state index in [2.05, 4.69) is 98.6 Å². The first-order valence-electron chi connectivity index (χ1n) is 12.8. The van der Waals surface area contributed by atoms with Crippen molar-refractivity contribution in [3.63, 3.8) is 0 Å². The van der Waals surface area contributed by atoms with Crippen LogP contribution < -0.4 is 14.5 Å². The summed E-state index contributed by atoms with van der Waals surface area (Å²) in [7, 11) is 4.20. The van der Waals surface area contributed by atoms with E-state index in [4.69, 9.17) is 9.73 Å². The SMILES string of the molecule is CN(C)c1cc2c(c3ccccc13)N=CC1(O2)N(CC2CCCCC2)c2ccccc2C1(C)C. The number of benzene rings is 3. The summed E-state index contributed by atoms with van der Waals surface area (Å²) >= 11 is 0. The summed E-state index contributed by atoms with van der Waals surface area (Å²) in [5, 5.41) is 2.35. The Labute approximate surface area is 203 Å². The molecule has 4 nitrogen and oxygen atoms in total. The van der Waals surface area contributed by atoms with E-state index in [0.29, 0.717) is 5.92 Å². The van der Waals surface area contributed by atoms with E-state index in [1.165, 1.54) is 48.7 Å². The van der Waals surface area contributed by atoms with E-state index < -0.39 is 5.72 Å². The lowest BCUT2D eigenvalue weighted by molar-refractivity contribution is 0.0734. The monoisotopic (exact) mass is 453 g/mol. The summed E-state index contributed by atoms with van der Waals surface area (Å²) in [6.45, 7) is 5.64. The van der Waals surface area contributed by atoms with Crippen LogP contribution >= 0.6 is 0 Å². The van der Waals surface area contributed by atoms with Gasteiger partial charge in [0.2, 0.25) is 5.72 Å². The number of rotatable bonds is 3. The highest BCUT2D eigenvalue weighted by molar-refractivity contribution is 6.06. The third-order valence-corrected chi connectivity index (χ3v) is 8.41. The zero-order valence-electron chi connectivity index (χ0n) is 20.8. The molecule has 4 heteroatoms. The van der Waals surface area contributed by atoms with Crippen LogP contribution in [0.15, 0.2) is 59.6 Å². The molecule has 0 bridgehead atoms. The van der Waals surface area contributed by atoms with Gasteiger partial charge >= 0.3 is 0 Å². The molecular weight excluding hydrogens is 418 g/mol. The maximum absolute atomic E-state index is 7.18. The number of nitrogens with zero attached hydrogens (tertiary/aromatic N) is 3. The Hall–Kier alpha value is -3.01. The van der Waals surface area contributed by atoms with Crippen molar-refractivity contribution in [3.05, 3.63) is 60.2 Å². The second-order valence-electron chi connectivity index (χ2n) is 11.0. The topological polar surface area (TPSA) is 28.1 Å². The highest BCUT2D eigenvalue weighted by atomic mass is 16.5. The minimum absolute atomic E-state index is 0.247. The summed E-state index contributed by atoms with van der Waals surface area (Å²) in [4.78, 5) is 9.88. The van der Waals surface area contributed by atoms with Crippen molar-refractivity contribution in [1.29, 1.82) is 0 Å². The summed E-state index contributed by atoms with van der Waals surface area (Å²) in [6, 6.07) is 19.6. The highest BCUT2D eigenvalue weighted by Crippen LogP contribution is 2.56. The second-order valence-corrected chi connectivity index (χ2v) is 11.0. The molecule has 1 spiro atoms. The van der Waals surface area contributed by atoms with Crippen LogP contribution in [0.5, 0.6) is 5.75 Å². The first-order valence-corrected chi connectivity index (χ1v) is 12.8. The maximum atomic E-state index is 7.18. The van der Waals surface area contributed by atoms with Gasteiger partial charge in [-0.2, -0.15) is 0 Å². The Bertz CT molecular complexity index is 1270. The minimum Gasteiger partial charge on any atom is -0.459 e. The fraction of sp³-hybridized carbons (Fsp3) is 0.433. The molecule has 1 unspecified atom stereocenters. The van der Waals surface area contributed by atoms with Crippen LogP contribution in [0, 0.1) is 5.92 Å². The van der Waals surface area contributed by atoms with E-state index in [1.807, 2.05) is 0 Å². The molecule has 1 saturated carbocycles. The van der Waals surface area contributed by atoms with Gasteiger partial charge in [-0.05, 0) is 44.2 Å². The molecule has 3 aromatic carbocycles. The molecule has 1 fully saturated rings. The van der Waals surface area contributed by atoms with Crippen molar-refractivity contribution >= 4 is 34.0 Å². The quantitative estimate of drug-likeness (QED) is 0.424. The second kappa shape index (κ2) is 7.76. The molecule has 176 valence electrons. The summed E-state index contributed by atoms with van der Waals surface area (Å²) in [6.07, 6.45) is 8.77. The van der Waals surface area contributed by atoms with Crippen molar-refractivity contribution in [2.24, 2.45) is 10.9 Å². The molecule has 3 aromatic rings. The van der Waals surface area contributed by atoms with Crippen molar-refractivity contribution in [2.75, 3.05) is 30.4 Å². The Balaban J connectivity index is 1.52. The van der Waals surface area contributed by atoms with E-state index in [-0.39, 0.29) is 5.41 Å². The van der Waals surface area contributed by atoms with Crippen LogP contribution in [0.4, 0.5) is 17.1 Å². The van der Waals surface area contributed by atoms with Gasteiger partial charge in [0.05, 0.1) is 11.6 Å². The van der Waals surface area contributed by atoms with E-state index in [1.54, 1.807) is 0 Å². The number of aliphatic imine (C=N–C) groups is 1. The number of anilines is 2. The van der Waals surface area contributed by atoms with E-state index in [0.717, 1.165) is 29.1 Å². The Kier molecular flexibility index (Phi) is 4.91. The van der Waals surface area contributed by atoms with Crippen LogP contribution in [0.25, 0.3) is 10.8 Å². The average Bonchev–Trinajstić information content (AvgIpc) is 3.02. The number of para-hydroxylation sites is 1. The van der Waals surface area contributed by atoms with Crippen LogP contribution in [0.2, 0.25) is 0 Å². The molecule has 3 aliphatic rings. The third-order valence-electron chi connectivity index (χ3n) is 8.41. The lowest BCUT2D eigenvalue weighted by atomic mass is 9.77. The first kappa shape index (κ1) is 21.5. The molecule has 2 heterocycles. The number of hydrogen-bond donors (Lipinski definition) is 0. The van der Waals surface area contributed by atoms with Crippen molar-refractivity contribution in [3.8, 4) is 5.75 Å². The highest BCUT2D eigenvalue weighted by Gasteiger charge is 2.60. The molecule has 6 rings (SSSR count). The van der Waals surface area contributed by atoms with Gasteiger partial charge in [-0.3, -0.25) is 4.99 Å². The molecule has 1 atom stereocenters. The zero-order chi connectivity index (χ0) is 23.5. The maximum Gasteiger partial charge on any atom is 0.228 e. The lowest BCUT2D eigenvalue weighted by Gasteiger charge is -2.47. The molecular formula is C30H35N3O. The van der Waals surface area contributed by atoms with Gasteiger partial charge in [-0.1, -0.05) is 61.7 Å². The Morgan fingerprint density at radius 3 is 2.44 bits per heavy atom. The van der Waals surface area contributed by atoms with Crippen molar-refractivity contribution < 1.29 is 4.74 Å². The Morgan fingerprint density at radius 1 is 0.971 bits per heavy atom.